The van der Waals surface area contributed by atoms with Crippen LogP contribution in [-0.2, 0) is 11.2 Å². The first-order valence-corrected chi connectivity index (χ1v) is 7.60. The molecular formula is C17H13Cl2NO2. The van der Waals surface area contributed by atoms with Gasteiger partial charge in [-0.15, -0.1) is 0 Å². The Balaban J connectivity index is 1.65. The van der Waals surface area contributed by atoms with Crippen molar-refractivity contribution < 1.29 is 9.53 Å². The topological polar surface area (TPSA) is 42.1 Å². The minimum absolute atomic E-state index is 0.279. The van der Waals surface area contributed by atoms with E-state index in [1.54, 1.807) is 18.2 Å². The summed E-state index contributed by atoms with van der Waals surface area (Å²) in [6, 6.07) is 12.8. The molecule has 0 unspecified atom stereocenters. The number of aryl methyl sites for hydroxylation is 1. The van der Waals surface area contributed by atoms with Gasteiger partial charge in [0.15, 0.2) is 0 Å². The van der Waals surface area contributed by atoms with Crippen LogP contribution in [0.4, 0.5) is 0 Å². The maximum atomic E-state index is 12.0. The zero-order valence-corrected chi connectivity index (χ0v) is 13.1. The van der Waals surface area contributed by atoms with Gasteiger partial charge in [0, 0.05) is 22.1 Å². The summed E-state index contributed by atoms with van der Waals surface area (Å²) in [6.45, 7) is 0. The third-order valence-electron chi connectivity index (χ3n) is 3.39. The van der Waals surface area contributed by atoms with E-state index in [-0.39, 0.29) is 12.4 Å². The molecule has 1 heterocycles. The highest BCUT2D eigenvalue weighted by Gasteiger charge is 2.11. The van der Waals surface area contributed by atoms with E-state index in [0.717, 1.165) is 16.5 Å². The van der Waals surface area contributed by atoms with E-state index < -0.39 is 0 Å². The number of carbonyl (C=O) groups is 1. The molecule has 22 heavy (non-hydrogen) atoms. The average molecular weight is 334 g/mol. The van der Waals surface area contributed by atoms with Crippen LogP contribution < -0.4 is 4.74 Å². The first-order chi connectivity index (χ1) is 10.6. The molecule has 2 aromatic carbocycles. The maximum Gasteiger partial charge on any atom is 0.311 e. The molecule has 0 aliphatic rings. The Morgan fingerprint density at radius 3 is 2.77 bits per heavy atom. The quantitative estimate of drug-likeness (QED) is 0.538. The molecule has 0 atom stereocenters. The molecule has 3 aromatic rings. The van der Waals surface area contributed by atoms with Gasteiger partial charge in [-0.25, -0.2) is 0 Å². The van der Waals surface area contributed by atoms with Gasteiger partial charge in [0.1, 0.15) is 5.75 Å². The Hall–Kier alpha value is -1.97. The molecule has 0 saturated heterocycles. The van der Waals surface area contributed by atoms with E-state index in [1.165, 1.54) is 0 Å². The number of benzene rings is 2. The highest BCUT2D eigenvalue weighted by molar-refractivity contribution is 6.35. The van der Waals surface area contributed by atoms with Gasteiger partial charge in [-0.2, -0.15) is 0 Å². The van der Waals surface area contributed by atoms with Gasteiger partial charge in [-0.3, -0.25) is 4.79 Å². The summed E-state index contributed by atoms with van der Waals surface area (Å²) in [6.07, 6.45) is 2.81. The molecule has 1 N–H and O–H groups in total. The highest BCUT2D eigenvalue weighted by atomic mass is 35.5. The predicted molar refractivity (Wildman–Crippen MR) is 88.7 cm³/mol. The van der Waals surface area contributed by atoms with E-state index in [0.29, 0.717) is 22.2 Å². The lowest BCUT2D eigenvalue weighted by Crippen LogP contribution is -2.09. The molecule has 0 aliphatic carbocycles. The van der Waals surface area contributed by atoms with Gasteiger partial charge >= 0.3 is 5.97 Å². The largest absolute Gasteiger partial charge is 0.425 e. The van der Waals surface area contributed by atoms with Crippen LogP contribution in [0.2, 0.25) is 10.0 Å². The lowest BCUT2D eigenvalue weighted by Gasteiger charge is -2.06. The van der Waals surface area contributed by atoms with Crippen LogP contribution in [0.5, 0.6) is 5.75 Å². The number of nitrogens with one attached hydrogen (secondary N) is 1. The molecule has 5 heteroatoms. The molecule has 0 saturated carbocycles. The van der Waals surface area contributed by atoms with Crippen LogP contribution in [0.25, 0.3) is 10.9 Å². The maximum absolute atomic E-state index is 12.0. The third-order valence-corrected chi connectivity index (χ3v) is 3.92. The molecule has 0 spiro atoms. The highest BCUT2D eigenvalue weighted by Crippen LogP contribution is 2.28. The second-order valence-corrected chi connectivity index (χ2v) is 5.75. The van der Waals surface area contributed by atoms with Gasteiger partial charge in [0.2, 0.25) is 0 Å². The number of fused-ring (bicyclic) bond motifs is 1. The second kappa shape index (κ2) is 6.42. The van der Waals surface area contributed by atoms with Gasteiger partial charge in [-0.05, 0) is 36.2 Å². The van der Waals surface area contributed by atoms with Crippen molar-refractivity contribution in [3.8, 4) is 5.75 Å². The van der Waals surface area contributed by atoms with Gasteiger partial charge < -0.3 is 9.72 Å². The number of ether oxygens (including phenoxy) is 1. The van der Waals surface area contributed by atoms with Crippen LogP contribution in [0.15, 0.2) is 48.7 Å². The fourth-order valence-corrected chi connectivity index (χ4v) is 2.75. The van der Waals surface area contributed by atoms with Crippen molar-refractivity contribution in [3.05, 3.63) is 64.3 Å². The summed E-state index contributed by atoms with van der Waals surface area (Å²) >= 11 is 11.8. The van der Waals surface area contributed by atoms with Gasteiger partial charge in [0.25, 0.3) is 0 Å². The molecule has 0 aliphatic heterocycles. The number of aromatic nitrogens is 1. The van der Waals surface area contributed by atoms with E-state index in [1.807, 2.05) is 30.5 Å². The molecular weight excluding hydrogens is 321 g/mol. The summed E-state index contributed by atoms with van der Waals surface area (Å²) in [5.41, 5.74) is 2.15. The number of aromatic amines is 1. The minimum atomic E-state index is -0.325. The molecule has 112 valence electrons. The zero-order valence-electron chi connectivity index (χ0n) is 11.6. The first kappa shape index (κ1) is 14.9. The molecule has 1 aromatic heterocycles. The van der Waals surface area contributed by atoms with Crippen molar-refractivity contribution in [2.45, 2.75) is 12.8 Å². The smallest absolute Gasteiger partial charge is 0.311 e. The van der Waals surface area contributed by atoms with Gasteiger partial charge in [0.05, 0.1) is 11.4 Å². The monoisotopic (exact) mass is 333 g/mol. The van der Waals surface area contributed by atoms with Crippen molar-refractivity contribution in [1.82, 2.24) is 4.98 Å². The summed E-state index contributed by atoms with van der Waals surface area (Å²) in [4.78, 5) is 15.1. The minimum Gasteiger partial charge on any atom is -0.425 e. The molecule has 0 amide bonds. The summed E-state index contributed by atoms with van der Waals surface area (Å²) < 4.78 is 5.27. The SMILES string of the molecule is O=C(CCc1c[nH]c2ccccc12)Oc1ccc(Cl)cc1Cl. The number of hydrogen-bond donors (Lipinski definition) is 1. The Bertz CT molecular complexity index is 826. The normalized spacial score (nSPS) is 10.8. The molecule has 3 rings (SSSR count). The Labute approximate surface area is 137 Å². The lowest BCUT2D eigenvalue weighted by molar-refractivity contribution is -0.134. The Morgan fingerprint density at radius 2 is 1.95 bits per heavy atom. The fraction of sp³-hybridized carbons (Fsp3) is 0.118. The van der Waals surface area contributed by atoms with Crippen molar-refractivity contribution in [1.29, 1.82) is 0 Å². The Kier molecular flexibility index (Phi) is 4.36. The summed E-state index contributed by atoms with van der Waals surface area (Å²) in [5.74, 6) is 0.00416. The third kappa shape index (κ3) is 3.26. The Morgan fingerprint density at radius 1 is 1.14 bits per heavy atom. The second-order valence-electron chi connectivity index (χ2n) is 4.91. The van der Waals surface area contributed by atoms with Crippen molar-refractivity contribution in [2.24, 2.45) is 0 Å². The van der Waals surface area contributed by atoms with E-state index in [4.69, 9.17) is 27.9 Å². The van der Waals surface area contributed by atoms with Crippen molar-refractivity contribution in [2.75, 3.05) is 0 Å². The predicted octanol–water partition coefficient (Wildman–Crippen LogP) is 5.01. The number of esters is 1. The average Bonchev–Trinajstić information content (AvgIpc) is 2.91. The number of rotatable bonds is 4. The van der Waals surface area contributed by atoms with Crippen LogP contribution in [0, 0.1) is 0 Å². The van der Waals surface area contributed by atoms with Crippen LogP contribution in [0.1, 0.15) is 12.0 Å². The van der Waals surface area contributed by atoms with Crippen LogP contribution in [-0.4, -0.2) is 11.0 Å². The van der Waals surface area contributed by atoms with Gasteiger partial charge in [-0.1, -0.05) is 41.4 Å². The standard InChI is InChI=1S/C17H13Cl2NO2/c18-12-6-7-16(14(19)9-12)22-17(21)8-5-11-10-20-15-4-2-1-3-13(11)15/h1-4,6-7,9-10,20H,5,8H2. The zero-order chi connectivity index (χ0) is 15.5. The van der Waals surface area contributed by atoms with Crippen LogP contribution in [0.3, 0.4) is 0 Å². The summed E-state index contributed by atoms with van der Waals surface area (Å²) in [7, 11) is 0. The van der Waals surface area contributed by atoms with Crippen molar-refractivity contribution in [3.63, 3.8) is 0 Å². The van der Waals surface area contributed by atoms with Crippen molar-refractivity contribution >= 4 is 40.1 Å². The number of para-hydroxylation sites is 1. The first-order valence-electron chi connectivity index (χ1n) is 6.84. The fourth-order valence-electron chi connectivity index (χ4n) is 2.31. The molecule has 0 fully saturated rings. The summed E-state index contributed by atoms with van der Waals surface area (Å²) in [5, 5.41) is 1.95. The number of H-pyrrole nitrogens is 1. The number of halogens is 2. The molecule has 3 nitrogen and oxygen atoms in total. The molecule has 0 radical (unpaired) electrons. The van der Waals surface area contributed by atoms with Crippen LogP contribution >= 0.6 is 23.2 Å². The molecule has 0 bridgehead atoms. The lowest BCUT2D eigenvalue weighted by atomic mass is 10.1. The number of hydrogen-bond acceptors (Lipinski definition) is 2. The van der Waals surface area contributed by atoms with E-state index in [9.17, 15) is 4.79 Å². The number of carbonyl (C=O) groups excluding carboxylic acids is 1. The van der Waals surface area contributed by atoms with E-state index >= 15 is 0 Å². The van der Waals surface area contributed by atoms with E-state index in [2.05, 4.69) is 4.98 Å².